The van der Waals surface area contributed by atoms with Crippen LogP contribution in [0.25, 0.3) is 0 Å². The number of carboxylic acid groups (broad SMARTS) is 1. The molecule has 1 unspecified atom stereocenters. The summed E-state index contributed by atoms with van der Waals surface area (Å²) in [6.45, 7) is 5.54. The minimum atomic E-state index is -0.680. The van der Waals surface area contributed by atoms with Gasteiger partial charge in [0.05, 0.1) is 5.41 Å². The SMILES string of the molecule is CCC1(C(=O)O)CCN(C(C)c2ccc(F)cc2Br)CC1. The number of hydrogen-bond acceptors (Lipinski definition) is 2. The average molecular weight is 358 g/mol. The molecule has 1 aliphatic heterocycles. The van der Waals surface area contributed by atoms with E-state index in [2.05, 4.69) is 27.8 Å². The highest BCUT2D eigenvalue weighted by molar-refractivity contribution is 9.10. The first-order chi connectivity index (χ1) is 9.89. The van der Waals surface area contributed by atoms with E-state index in [1.165, 1.54) is 12.1 Å². The van der Waals surface area contributed by atoms with Crippen LogP contribution in [0.3, 0.4) is 0 Å². The van der Waals surface area contributed by atoms with Gasteiger partial charge in [0.2, 0.25) is 0 Å². The van der Waals surface area contributed by atoms with E-state index in [9.17, 15) is 14.3 Å². The molecule has 0 spiro atoms. The Morgan fingerprint density at radius 3 is 2.57 bits per heavy atom. The number of nitrogens with zero attached hydrogens (tertiary/aromatic N) is 1. The molecule has 2 rings (SSSR count). The Labute approximate surface area is 133 Å². The van der Waals surface area contributed by atoms with Crippen molar-refractivity contribution in [1.82, 2.24) is 4.90 Å². The first kappa shape index (κ1) is 16.4. The summed E-state index contributed by atoms with van der Waals surface area (Å²) in [5.74, 6) is -0.937. The van der Waals surface area contributed by atoms with Crippen LogP contribution in [0.1, 0.15) is 44.7 Å². The van der Waals surface area contributed by atoms with Crippen molar-refractivity contribution in [3.63, 3.8) is 0 Å². The van der Waals surface area contributed by atoms with Crippen molar-refractivity contribution in [2.75, 3.05) is 13.1 Å². The molecule has 116 valence electrons. The monoisotopic (exact) mass is 357 g/mol. The Morgan fingerprint density at radius 2 is 2.10 bits per heavy atom. The fourth-order valence-corrected chi connectivity index (χ4v) is 3.78. The summed E-state index contributed by atoms with van der Waals surface area (Å²) < 4.78 is 13.9. The van der Waals surface area contributed by atoms with Crippen molar-refractivity contribution in [2.24, 2.45) is 5.41 Å². The van der Waals surface area contributed by atoms with Crippen LogP contribution < -0.4 is 0 Å². The Hall–Kier alpha value is -0.940. The molecule has 0 saturated carbocycles. The molecular weight excluding hydrogens is 337 g/mol. The van der Waals surface area contributed by atoms with Crippen LogP contribution in [0.2, 0.25) is 0 Å². The number of likely N-dealkylation sites (tertiary alicyclic amines) is 1. The summed E-state index contributed by atoms with van der Waals surface area (Å²) in [4.78, 5) is 13.8. The maximum atomic E-state index is 13.2. The van der Waals surface area contributed by atoms with E-state index in [1.807, 2.05) is 6.92 Å². The molecule has 0 aliphatic carbocycles. The highest BCUT2D eigenvalue weighted by Crippen LogP contribution is 2.38. The Morgan fingerprint density at radius 1 is 1.48 bits per heavy atom. The molecule has 0 radical (unpaired) electrons. The smallest absolute Gasteiger partial charge is 0.309 e. The van der Waals surface area contributed by atoms with E-state index in [0.29, 0.717) is 19.3 Å². The molecule has 0 aromatic heterocycles. The molecule has 1 fully saturated rings. The van der Waals surface area contributed by atoms with Crippen LogP contribution in [0.15, 0.2) is 22.7 Å². The fourth-order valence-electron chi connectivity index (χ4n) is 3.10. The number of piperidine rings is 1. The lowest BCUT2D eigenvalue weighted by Crippen LogP contribution is -2.44. The Kier molecular flexibility index (Phi) is 5.04. The molecule has 1 heterocycles. The number of aliphatic carboxylic acids is 1. The summed E-state index contributed by atoms with van der Waals surface area (Å²) in [6, 6.07) is 4.88. The molecule has 0 bridgehead atoms. The van der Waals surface area contributed by atoms with Crippen LogP contribution in [0.5, 0.6) is 0 Å². The first-order valence-electron chi connectivity index (χ1n) is 7.32. The second-order valence-corrected chi connectivity index (χ2v) is 6.67. The molecule has 21 heavy (non-hydrogen) atoms. The van der Waals surface area contributed by atoms with Gasteiger partial charge in [-0.25, -0.2) is 4.39 Å². The molecule has 1 atom stereocenters. The van der Waals surface area contributed by atoms with Gasteiger partial charge < -0.3 is 5.11 Å². The van der Waals surface area contributed by atoms with E-state index in [1.54, 1.807) is 6.07 Å². The summed E-state index contributed by atoms with van der Waals surface area (Å²) in [5, 5.41) is 9.44. The molecule has 3 nitrogen and oxygen atoms in total. The van der Waals surface area contributed by atoms with Crippen molar-refractivity contribution < 1.29 is 14.3 Å². The van der Waals surface area contributed by atoms with Crippen LogP contribution in [0.4, 0.5) is 4.39 Å². The van der Waals surface area contributed by atoms with Gasteiger partial charge in [-0.05, 0) is 57.0 Å². The zero-order valence-electron chi connectivity index (χ0n) is 12.4. The quantitative estimate of drug-likeness (QED) is 0.876. The lowest BCUT2D eigenvalue weighted by Gasteiger charge is -2.41. The number of rotatable bonds is 4. The fraction of sp³-hybridized carbons (Fsp3) is 0.562. The topological polar surface area (TPSA) is 40.5 Å². The van der Waals surface area contributed by atoms with Gasteiger partial charge in [0.15, 0.2) is 0 Å². The Balaban J connectivity index is 2.09. The highest BCUT2D eigenvalue weighted by atomic mass is 79.9. The number of carboxylic acids is 1. The largest absolute Gasteiger partial charge is 0.481 e. The van der Waals surface area contributed by atoms with E-state index in [-0.39, 0.29) is 11.9 Å². The van der Waals surface area contributed by atoms with E-state index in [4.69, 9.17) is 0 Å². The molecule has 1 saturated heterocycles. The van der Waals surface area contributed by atoms with Gasteiger partial charge in [0.1, 0.15) is 5.82 Å². The second-order valence-electron chi connectivity index (χ2n) is 5.82. The molecule has 1 aromatic rings. The van der Waals surface area contributed by atoms with Crippen LogP contribution >= 0.6 is 15.9 Å². The maximum absolute atomic E-state index is 13.2. The zero-order chi connectivity index (χ0) is 15.6. The van der Waals surface area contributed by atoms with E-state index < -0.39 is 11.4 Å². The second kappa shape index (κ2) is 6.44. The predicted molar refractivity (Wildman–Crippen MR) is 83.7 cm³/mol. The molecule has 1 aromatic carbocycles. The molecule has 1 aliphatic rings. The van der Waals surface area contributed by atoms with Crippen molar-refractivity contribution in [2.45, 2.75) is 39.2 Å². The molecule has 0 amide bonds. The normalized spacial score (nSPS) is 20.2. The number of halogens is 2. The summed E-state index contributed by atoms with van der Waals surface area (Å²) in [5.41, 5.74) is 0.465. The van der Waals surface area contributed by atoms with E-state index in [0.717, 1.165) is 23.1 Å². The third-order valence-corrected chi connectivity index (χ3v) is 5.53. The number of benzene rings is 1. The van der Waals surface area contributed by atoms with Crippen molar-refractivity contribution in [3.05, 3.63) is 34.1 Å². The highest BCUT2D eigenvalue weighted by Gasteiger charge is 2.40. The number of hydrogen-bond donors (Lipinski definition) is 1. The molecular formula is C16H21BrFNO2. The average Bonchev–Trinajstić information content (AvgIpc) is 2.46. The van der Waals surface area contributed by atoms with Gasteiger partial charge in [-0.3, -0.25) is 9.69 Å². The van der Waals surface area contributed by atoms with Crippen LogP contribution in [-0.2, 0) is 4.79 Å². The van der Waals surface area contributed by atoms with Crippen LogP contribution in [-0.4, -0.2) is 29.1 Å². The lowest BCUT2D eigenvalue weighted by atomic mass is 9.76. The lowest BCUT2D eigenvalue weighted by molar-refractivity contribution is -0.152. The van der Waals surface area contributed by atoms with Gasteiger partial charge in [-0.2, -0.15) is 0 Å². The molecule has 5 heteroatoms. The summed E-state index contributed by atoms with van der Waals surface area (Å²) >= 11 is 3.41. The molecule has 1 N–H and O–H groups in total. The third kappa shape index (κ3) is 3.29. The van der Waals surface area contributed by atoms with Gasteiger partial charge in [-0.15, -0.1) is 0 Å². The summed E-state index contributed by atoms with van der Waals surface area (Å²) in [6.07, 6.45) is 2.01. The summed E-state index contributed by atoms with van der Waals surface area (Å²) in [7, 11) is 0. The van der Waals surface area contributed by atoms with Gasteiger partial charge in [0, 0.05) is 10.5 Å². The number of carbonyl (C=O) groups is 1. The van der Waals surface area contributed by atoms with Crippen molar-refractivity contribution in [1.29, 1.82) is 0 Å². The third-order valence-electron chi connectivity index (χ3n) is 4.85. The van der Waals surface area contributed by atoms with Gasteiger partial charge in [0.25, 0.3) is 0 Å². The zero-order valence-corrected chi connectivity index (χ0v) is 14.0. The minimum absolute atomic E-state index is 0.142. The first-order valence-corrected chi connectivity index (χ1v) is 8.11. The Bertz CT molecular complexity index is 527. The van der Waals surface area contributed by atoms with E-state index >= 15 is 0 Å². The van der Waals surface area contributed by atoms with Gasteiger partial charge in [-0.1, -0.05) is 28.9 Å². The van der Waals surface area contributed by atoms with Crippen molar-refractivity contribution >= 4 is 21.9 Å². The van der Waals surface area contributed by atoms with Gasteiger partial charge >= 0.3 is 5.97 Å². The maximum Gasteiger partial charge on any atom is 0.309 e. The standard InChI is InChI=1S/C16H21BrFNO2/c1-3-16(15(20)21)6-8-19(9-7-16)11(2)13-5-4-12(18)10-14(13)17/h4-5,10-11H,3,6-9H2,1-2H3,(H,20,21). The van der Waals surface area contributed by atoms with Crippen LogP contribution in [0, 0.1) is 11.2 Å². The predicted octanol–water partition coefficient (Wildman–Crippen LogP) is 4.23. The van der Waals surface area contributed by atoms with Crippen molar-refractivity contribution in [3.8, 4) is 0 Å². The minimum Gasteiger partial charge on any atom is -0.481 e.